The van der Waals surface area contributed by atoms with Crippen molar-refractivity contribution in [2.45, 2.75) is 6.42 Å². The maximum absolute atomic E-state index is 3.75. The molecule has 0 heterocycles. The Bertz CT molecular complexity index is 40.2. The van der Waals surface area contributed by atoms with Crippen LogP contribution in [0.1, 0.15) is 6.42 Å². The van der Waals surface area contributed by atoms with Crippen molar-refractivity contribution in [3.63, 3.8) is 0 Å². The highest BCUT2D eigenvalue weighted by molar-refractivity contribution is 8.00. The zero-order valence-corrected chi connectivity index (χ0v) is 7.40. The zero-order valence-electron chi connectivity index (χ0n) is 5.77. The maximum atomic E-state index is 3.75. The van der Waals surface area contributed by atoms with Crippen LogP contribution in [0, 0.1) is 13.8 Å². The summed E-state index contributed by atoms with van der Waals surface area (Å²) in [7, 11) is 0. The first-order valence-electron chi connectivity index (χ1n) is 3.15. The van der Waals surface area contributed by atoms with Crippen LogP contribution in [0.25, 0.3) is 0 Å². The second-order valence-electron chi connectivity index (χ2n) is 1.58. The first-order chi connectivity index (χ1) is 4.41. The van der Waals surface area contributed by atoms with E-state index in [1.54, 1.807) is 0 Å². The third-order valence-corrected chi connectivity index (χ3v) is 2.60. The van der Waals surface area contributed by atoms with E-state index in [1.165, 1.54) is 17.9 Å². The molecule has 0 fully saturated rings. The second kappa shape index (κ2) is 8.70. The maximum Gasteiger partial charge on any atom is -0.00597 e. The molecule has 0 nitrogen and oxygen atoms in total. The van der Waals surface area contributed by atoms with E-state index in [-0.39, 0.29) is 0 Å². The van der Waals surface area contributed by atoms with Gasteiger partial charge in [0, 0.05) is 0 Å². The molecule has 0 aromatic carbocycles. The van der Waals surface area contributed by atoms with Crippen molar-refractivity contribution >= 4 is 23.5 Å². The van der Waals surface area contributed by atoms with Crippen molar-refractivity contribution in [3.05, 3.63) is 13.8 Å². The monoisotopic (exact) mass is 162 g/mol. The van der Waals surface area contributed by atoms with Crippen molar-refractivity contribution in [1.82, 2.24) is 0 Å². The summed E-state index contributed by atoms with van der Waals surface area (Å²) >= 11 is 3.83. The van der Waals surface area contributed by atoms with Crippen LogP contribution in [0.4, 0.5) is 0 Å². The van der Waals surface area contributed by atoms with Crippen molar-refractivity contribution in [2.75, 3.05) is 23.0 Å². The molecule has 0 bridgehead atoms. The summed E-state index contributed by atoms with van der Waals surface area (Å²) in [5.41, 5.74) is 0. The predicted octanol–water partition coefficient (Wildman–Crippen LogP) is 2.51. The van der Waals surface area contributed by atoms with Gasteiger partial charge in [-0.2, -0.15) is 23.5 Å². The van der Waals surface area contributed by atoms with Gasteiger partial charge in [0.25, 0.3) is 0 Å². The molecule has 9 heavy (non-hydrogen) atoms. The minimum absolute atomic E-state index is 1.01. The topological polar surface area (TPSA) is 0 Å². The number of hydrogen-bond donors (Lipinski definition) is 0. The minimum atomic E-state index is 1.01. The van der Waals surface area contributed by atoms with Gasteiger partial charge in [0.15, 0.2) is 0 Å². The van der Waals surface area contributed by atoms with Crippen LogP contribution in [-0.2, 0) is 0 Å². The third-order valence-electron chi connectivity index (χ3n) is 0.866. The van der Waals surface area contributed by atoms with Gasteiger partial charge in [-0.05, 0) is 43.3 Å². The van der Waals surface area contributed by atoms with Crippen LogP contribution in [0.15, 0.2) is 0 Å². The zero-order chi connectivity index (χ0) is 6.95. The highest BCUT2D eigenvalue weighted by atomic mass is 32.2. The molecular weight excluding hydrogens is 148 g/mol. The van der Waals surface area contributed by atoms with E-state index in [1.807, 2.05) is 23.5 Å². The summed E-state index contributed by atoms with van der Waals surface area (Å²) < 4.78 is 0. The SMILES string of the molecule is [CH2]CSCCCSC[CH2]. The van der Waals surface area contributed by atoms with Gasteiger partial charge in [-0.25, -0.2) is 0 Å². The molecule has 0 amide bonds. The highest BCUT2D eigenvalue weighted by Gasteiger charge is 1.85. The average Bonchev–Trinajstić information content (AvgIpc) is 1.89. The Morgan fingerprint density at radius 1 is 0.889 bits per heavy atom. The van der Waals surface area contributed by atoms with Gasteiger partial charge in [0.05, 0.1) is 0 Å². The summed E-state index contributed by atoms with van der Waals surface area (Å²) in [6, 6.07) is 0. The lowest BCUT2D eigenvalue weighted by molar-refractivity contribution is 1.12. The largest absolute Gasteiger partial charge is 0.162 e. The highest BCUT2D eigenvalue weighted by Crippen LogP contribution is 2.06. The number of hydrogen-bond acceptors (Lipinski definition) is 2. The Hall–Kier alpha value is 0.700. The number of thioether (sulfide) groups is 2. The first-order valence-corrected chi connectivity index (χ1v) is 5.46. The van der Waals surface area contributed by atoms with E-state index < -0.39 is 0 Å². The van der Waals surface area contributed by atoms with E-state index in [9.17, 15) is 0 Å². The molecule has 0 aliphatic rings. The molecule has 0 aromatic heterocycles. The van der Waals surface area contributed by atoms with E-state index in [4.69, 9.17) is 0 Å². The Morgan fingerprint density at radius 2 is 1.33 bits per heavy atom. The van der Waals surface area contributed by atoms with E-state index >= 15 is 0 Å². The van der Waals surface area contributed by atoms with Crippen molar-refractivity contribution in [1.29, 1.82) is 0 Å². The summed E-state index contributed by atoms with van der Waals surface area (Å²) in [5.74, 6) is 4.54. The molecule has 54 valence electrons. The van der Waals surface area contributed by atoms with Crippen LogP contribution in [-0.4, -0.2) is 23.0 Å². The first kappa shape index (κ1) is 9.70. The van der Waals surface area contributed by atoms with Gasteiger partial charge in [-0.3, -0.25) is 0 Å². The molecule has 0 aliphatic heterocycles. The Kier molecular flexibility index (Phi) is 9.38. The Balaban J connectivity index is 2.60. The molecule has 0 spiro atoms. The summed E-state index contributed by atoms with van der Waals surface area (Å²) in [6.45, 7) is 7.49. The quantitative estimate of drug-likeness (QED) is 0.550. The van der Waals surface area contributed by atoms with Crippen LogP contribution < -0.4 is 0 Å². The lowest BCUT2D eigenvalue weighted by Crippen LogP contribution is -1.84. The minimum Gasteiger partial charge on any atom is -0.162 e. The molecule has 0 rings (SSSR count). The predicted molar refractivity (Wildman–Crippen MR) is 50.0 cm³/mol. The van der Waals surface area contributed by atoms with Gasteiger partial charge < -0.3 is 0 Å². The van der Waals surface area contributed by atoms with Gasteiger partial charge in [-0.15, -0.1) is 0 Å². The van der Waals surface area contributed by atoms with E-state index in [0.717, 1.165) is 11.5 Å². The van der Waals surface area contributed by atoms with Crippen molar-refractivity contribution in [3.8, 4) is 0 Å². The fourth-order valence-electron chi connectivity index (χ4n) is 0.467. The van der Waals surface area contributed by atoms with Crippen LogP contribution in [0.3, 0.4) is 0 Å². The molecule has 0 aliphatic carbocycles. The van der Waals surface area contributed by atoms with Crippen molar-refractivity contribution < 1.29 is 0 Å². The fourth-order valence-corrected chi connectivity index (χ4v) is 1.76. The van der Waals surface area contributed by atoms with Gasteiger partial charge >= 0.3 is 0 Å². The molecule has 2 radical (unpaired) electrons. The van der Waals surface area contributed by atoms with Gasteiger partial charge in [0.2, 0.25) is 0 Å². The average molecular weight is 162 g/mol. The molecular formula is C7H14S2. The van der Waals surface area contributed by atoms with Gasteiger partial charge in [0.1, 0.15) is 0 Å². The Morgan fingerprint density at radius 3 is 1.67 bits per heavy atom. The van der Waals surface area contributed by atoms with Crippen LogP contribution in [0.2, 0.25) is 0 Å². The molecule has 0 saturated carbocycles. The van der Waals surface area contributed by atoms with E-state index in [0.29, 0.717) is 0 Å². The molecule has 2 heteroatoms. The smallest absolute Gasteiger partial charge is 0.00597 e. The van der Waals surface area contributed by atoms with E-state index in [2.05, 4.69) is 13.8 Å². The van der Waals surface area contributed by atoms with Gasteiger partial charge in [-0.1, -0.05) is 0 Å². The summed E-state index contributed by atoms with van der Waals surface area (Å²) in [5, 5.41) is 0. The second-order valence-corrected chi connectivity index (χ2v) is 4.03. The normalized spacial score (nSPS) is 10.0. The molecule has 0 saturated heterocycles. The Labute approximate surface area is 67.2 Å². The summed E-state index contributed by atoms with van der Waals surface area (Å²) in [6.07, 6.45) is 1.31. The lowest BCUT2D eigenvalue weighted by atomic mass is 10.6. The molecule has 0 aromatic rings. The van der Waals surface area contributed by atoms with Crippen LogP contribution in [0.5, 0.6) is 0 Å². The fraction of sp³-hybridized carbons (Fsp3) is 0.714. The van der Waals surface area contributed by atoms with Crippen LogP contribution >= 0.6 is 23.5 Å². The van der Waals surface area contributed by atoms with Crippen molar-refractivity contribution in [2.24, 2.45) is 0 Å². The lowest BCUT2D eigenvalue weighted by Gasteiger charge is -1.96. The standard InChI is InChI=1S/C7H14S2/c1-3-8-6-5-7-9-4-2/h1-7H2. The molecule has 0 atom stereocenters. The molecule has 0 unspecified atom stereocenters. The summed E-state index contributed by atoms with van der Waals surface area (Å²) in [4.78, 5) is 0. The number of rotatable bonds is 6. The third kappa shape index (κ3) is 8.70. The molecule has 0 N–H and O–H groups in total.